The standard InChI is InChI=1S/C26H29FN6/c1-18(2)33-17-30-24(20-4-7-22(27)8-5-20)25(33)26-28-12-15-32(26)23-9-6-21(16-29-23)19-10-13-31(3)14-11-19/h4-9,12,15-19H,10-11,13-14H2,1-3H3. The Morgan fingerprint density at radius 1 is 0.970 bits per heavy atom. The van der Waals surface area contributed by atoms with Crippen LogP contribution in [0.1, 0.15) is 44.2 Å². The highest BCUT2D eigenvalue weighted by molar-refractivity contribution is 5.76. The van der Waals surface area contributed by atoms with Crippen LogP contribution in [-0.4, -0.2) is 49.1 Å². The van der Waals surface area contributed by atoms with Gasteiger partial charge in [0.05, 0.1) is 12.0 Å². The van der Waals surface area contributed by atoms with E-state index in [4.69, 9.17) is 4.98 Å². The number of hydrogen-bond donors (Lipinski definition) is 0. The molecule has 33 heavy (non-hydrogen) atoms. The molecule has 0 amide bonds. The lowest BCUT2D eigenvalue weighted by molar-refractivity contribution is 0.255. The summed E-state index contributed by atoms with van der Waals surface area (Å²) in [5.74, 6) is 1.89. The Bertz CT molecular complexity index is 1210. The number of halogens is 1. The van der Waals surface area contributed by atoms with Gasteiger partial charge in [-0.1, -0.05) is 6.07 Å². The van der Waals surface area contributed by atoms with Gasteiger partial charge in [0.1, 0.15) is 17.3 Å². The Hall–Kier alpha value is -3.32. The first-order chi connectivity index (χ1) is 16.0. The van der Waals surface area contributed by atoms with Crippen LogP contribution in [0.15, 0.2) is 61.3 Å². The summed E-state index contributed by atoms with van der Waals surface area (Å²) >= 11 is 0. The van der Waals surface area contributed by atoms with Gasteiger partial charge in [0.2, 0.25) is 0 Å². The van der Waals surface area contributed by atoms with Crippen LogP contribution >= 0.6 is 0 Å². The number of piperidine rings is 1. The fourth-order valence-electron chi connectivity index (χ4n) is 4.58. The van der Waals surface area contributed by atoms with Crippen molar-refractivity contribution in [1.82, 2.24) is 29.0 Å². The van der Waals surface area contributed by atoms with E-state index >= 15 is 0 Å². The van der Waals surface area contributed by atoms with Crippen molar-refractivity contribution < 1.29 is 4.39 Å². The largest absolute Gasteiger partial charge is 0.325 e. The van der Waals surface area contributed by atoms with E-state index in [-0.39, 0.29) is 11.9 Å². The molecule has 4 heterocycles. The third kappa shape index (κ3) is 4.20. The summed E-state index contributed by atoms with van der Waals surface area (Å²) in [4.78, 5) is 16.5. The number of pyridine rings is 1. The first-order valence-corrected chi connectivity index (χ1v) is 11.5. The van der Waals surface area contributed by atoms with Crippen molar-refractivity contribution in [3.05, 3.63) is 72.7 Å². The SMILES string of the molecule is CC(C)n1cnc(-c2ccc(F)cc2)c1-c1nccn1-c1ccc(C2CCN(C)CC2)cn1. The molecule has 0 N–H and O–H groups in total. The fraction of sp³-hybridized carbons (Fsp3) is 0.346. The van der Waals surface area contributed by atoms with Gasteiger partial charge in [-0.2, -0.15) is 0 Å². The molecule has 1 aliphatic rings. The molecule has 0 aliphatic carbocycles. The number of aromatic nitrogens is 5. The maximum absolute atomic E-state index is 13.5. The fourth-order valence-corrected chi connectivity index (χ4v) is 4.58. The summed E-state index contributed by atoms with van der Waals surface area (Å²) in [6, 6.07) is 10.9. The van der Waals surface area contributed by atoms with Crippen LogP contribution in [0.5, 0.6) is 0 Å². The molecule has 7 heteroatoms. The number of rotatable bonds is 5. The summed E-state index contributed by atoms with van der Waals surface area (Å²) in [5, 5.41) is 0. The monoisotopic (exact) mass is 444 g/mol. The molecule has 1 aromatic carbocycles. The number of likely N-dealkylation sites (tertiary alicyclic amines) is 1. The van der Waals surface area contributed by atoms with Crippen molar-refractivity contribution in [3.63, 3.8) is 0 Å². The first-order valence-electron chi connectivity index (χ1n) is 11.5. The molecule has 0 radical (unpaired) electrons. The zero-order valence-electron chi connectivity index (χ0n) is 19.3. The van der Waals surface area contributed by atoms with E-state index in [1.165, 1.54) is 30.5 Å². The molecule has 4 aromatic rings. The van der Waals surface area contributed by atoms with Crippen LogP contribution in [0.3, 0.4) is 0 Å². The summed E-state index contributed by atoms with van der Waals surface area (Å²) in [7, 11) is 2.18. The molecular formula is C26H29FN6. The summed E-state index contributed by atoms with van der Waals surface area (Å²) < 4.78 is 17.6. The maximum atomic E-state index is 13.5. The van der Waals surface area contributed by atoms with Crippen LogP contribution in [0, 0.1) is 5.82 Å². The number of imidazole rings is 2. The Balaban J connectivity index is 1.53. The van der Waals surface area contributed by atoms with Crippen molar-refractivity contribution >= 4 is 0 Å². The van der Waals surface area contributed by atoms with E-state index < -0.39 is 0 Å². The minimum atomic E-state index is -0.265. The molecule has 0 saturated carbocycles. The second kappa shape index (κ2) is 8.90. The number of hydrogen-bond acceptors (Lipinski definition) is 4. The van der Waals surface area contributed by atoms with Crippen molar-refractivity contribution in [1.29, 1.82) is 0 Å². The zero-order valence-corrected chi connectivity index (χ0v) is 19.3. The highest BCUT2D eigenvalue weighted by atomic mass is 19.1. The molecule has 1 fully saturated rings. The third-order valence-electron chi connectivity index (χ3n) is 6.53. The highest BCUT2D eigenvalue weighted by Gasteiger charge is 2.22. The average molecular weight is 445 g/mol. The van der Waals surface area contributed by atoms with E-state index in [9.17, 15) is 4.39 Å². The second-order valence-corrected chi connectivity index (χ2v) is 9.10. The Morgan fingerprint density at radius 2 is 1.73 bits per heavy atom. The summed E-state index contributed by atoms with van der Waals surface area (Å²) in [6.45, 7) is 6.48. The number of benzene rings is 1. The van der Waals surface area contributed by atoms with Gasteiger partial charge in [0.25, 0.3) is 0 Å². The van der Waals surface area contributed by atoms with Gasteiger partial charge in [-0.25, -0.2) is 19.3 Å². The minimum Gasteiger partial charge on any atom is -0.325 e. The van der Waals surface area contributed by atoms with E-state index in [1.807, 2.05) is 23.3 Å². The molecule has 0 atom stereocenters. The van der Waals surface area contributed by atoms with Crippen molar-refractivity contribution in [2.45, 2.75) is 38.6 Å². The summed E-state index contributed by atoms with van der Waals surface area (Å²) in [5.41, 5.74) is 3.82. The predicted molar refractivity (Wildman–Crippen MR) is 128 cm³/mol. The van der Waals surface area contributed by atoms with Crippen LogP contribution in [0.4, 0.5) is 4.39 Å². The predicted octanol–water partition coefficient (Wildman–Crippen LogP) is 5.33. The van der Waals surface area contributed by atoms with Crippen molar-refractivity contribution in [2.75, 3.05) is 20.1 Å². The minimum absolute atomic E-state index is 0.187. The molecule has 3 aromatic heterocycles. The zero-order chi connectivity index (χ0) is 22.9. The van der Waals surface area contributed by atoms with Gasteiger partial charge < -0.3 is 9.47 Å². The van der Waals surface area contributed by atoms with E-state index in [2.05, 4.69) is 52.5 Å². The van der Waals surface area contributed by atoms with Crippen LogP contribution < -0.4 is 0 Å². The topological polar surface area (TPSA) is 51.8 Å². The second-order valence-electron chi connectivity index (χ2n) is 9.10. The van der Waals surface area contributed by atoms with Crippen LogP contribution in [0.2, 0.25) is 0 Å². The van der Waals surface area contributed by atoms with E-state index in [0.717, 1.165) is 41.7 Å². The Morgan fingerprint density at radius 3 is 2.39 bits per heavy atom. The molecule has 0 spiro atoms. The highest BCUT2D eigenvalue weighted by Crippen LogP contribution is 2.34. The molecule has 0 unspecified atom stereocenters. The van der Waals surface area contributed by atoms with E-state index in [0.29, 0.717) is 5.92 Å². The molecule has 1 aliphatic heterocycles. The molecule has 5 rings (SSSR count). The van der Waals surface area contributed by atoms with Crippen molar-refractivity contribution in [3.8, 4) is 28.6 Å². The first kappa shape index (κ1) is 21.5. The van der Waals surface area contributed by atoms with Gasteiger partial charge in [-0.3, -0.25) is 4.57 Å². The van der Waals surface area contributed by atoms with Gasteiger partial charge in [0, 0.05) is 30.2 Å². The summed E-state index contributed by atoms with van der Waals surface area (Å²) in [6.07, 6.45) is 9.89. The van der Waals surface area contributed by atoms with Crippen LogP contribution in [-0.2, 0) is 0 Å². The van der Waals surface area contributed by atoms with Gasteiger partial charge in [-0.05, 0) is 88.6 Å². The van der Waals surface area contributed by atoms with Gasteiger partial charge >= 0.3 is 0 Å². The third-order valence-corrected chi connectivity index (χ3v) is 6.53. The normalized spacial score (nSPS) is 15.4. The van der Waals surface area contributed by atoms with Gasteiger partial charge in [0.15, 0.2) is 5.82 Å². The lowest BCUT2D eigenvalue weighted by Gasteiger charge is -2.29. The lowest BCUT2D eigenvalue weighted by atomic mass is 9.91. The Kier molecular flexibility index (Phi) is 5.81. The molecular weight excluding hydrogens is 415 g/mol. The molecule has 0 bridgehead atoms. The molecule has 170 valence electrons. The molecule has 6 nitrogen and oxygen atoms in total. The Labute approximate surface area is 193 Å². The van der Waals surface area contributed by atoms with Crippen LogP contribution in [0.25, 0.3) is 28.6 Å². The number of nitrogens with zero attached hydrogens (tertiary/aromatic N) is 6. The lowest BCUT2D eigenvalue weighted by Crippen LogP contribution is -2.29. The molecule has 1 saturated heterocycles. The van der Waals surface area contributed by atoms with E-state index in [1.54, 1.807) is 18.3 Å². The van der Waals surface area contributed by atoms with Crippen molar-refractivity contribution in [2.24, 2.45) is 0 Å². The average Bonchev–Trinajstić information content (AvgIpc) is 3.47. The van der Waals surface area contributed by atoms with Gasteiger partial charge in [-0.15, -0.1) is 0 Å². The maximum Gasteiger partial charge on any atom is 0.164 e. The quantitative estimate of drug-likeness (QED) is 0.418. The smallest absolute Gasteiger partial charge is 0.164 e.